The van der Waals surface area contributed by atoms with Crippen molar-refractivity contribution in [3.05, 3.63) is 0 Å². The van der Waals surface area contributed by atoms with E-state index >= 15 is 0 Å². The number of amides is 1. The van der Waals surface area contributed by atoms with Gasteiger partial charge in [-0.15, -0.1) is 0 Å². The lowest BCUT2D eigenvalue weighted by molar-refractivity contribution is -0.148. The molecule has 0 bridgehead atoms. The summed E-state index contributed by atoms with van der Waals surface area (Å²) in [5.41, 5.74) is 5.09. The summed E-state index contributed by atoms with van der Waals surface area (Å²) < 4.78 is 0. The molecule has 0 aromatic heterocycles. The fourth-order valence-corrected chi connectivity index (χ4v) is 1.79. The van der Waals surface area contributed by atoms with Crippen LogP contribution in [0, 0.1) is 5.92 Å². The van der Waals surface area contributed by atoms with E-state index in [-0.39, 0.29) is 13.1 Å². The lowest BCUT2D eigenvalue weighted by Crippen LogP contribution is -2.48. The first-order chi connectivity index (χ1) is 8.79. The maximum atomic E-state index is 11.2. The van der Waals surface area contributed by atoms with Crippen LogP contribution in [0.5, 0.6) is 0 Å². The molecule has 7 heteroatoms. The van der Waals surface area contributed by atoms with Crippen LogP contribution in [0.4, 0.5) is 0 Å². The fraction of sp³-hybridized carbons (Fsp3) is 0.750. The van der Waals surface area contributed by atoms with Crippen molar-refractivity contribution in [3.63, 3.8) is 0 Å². The first-order valence-electron chi connectivity index (χ1n) is 6.27. The van der Waals surface area contributed by atoms with E-state index in [1.807, 2.05) is 6.92 Å². The van der Waals surface area contributed by atoms with E-state index in [9.17, 15) is 19.5 Å². The van der Waals surface area contributed by atoms with Gasteiger partial charge in [0, 0.05) is 6.54 Å². The molecule has 0 radical (unpaired) electrons. The average molecular weight is 274 g/mol. The van der Waals surface area contributed by atoms with E-state index in [0.717, 1.165) is 6.42 Å². The second-order valence-corrected chi connectivity index (χ2v) is 4.63. The first kappa shape index (κ1) is 17.4. The Morgan fingerprint density at radius 3 is 2.16 bits per heavy atom. The van der Waals surface area contributed by atoms with Gasteiger partial charge in [-0.2, -0.15) is 0 Å². The Labute approximate surface area is 112 Å². The molecule has 2 atom stereocenters. The van der Waals surface area contributed by atoms with E-state index in [4.69, 9.17) is 10.8 Å². The number of carboxylic acids is 2. The number of carbonyl (C=O) groups is 3. The summed E-state index contributed by atoms with van der Waals surface area (Å²) in [7, 11) is 0. The number of carbonyl (C=O) groups excluding carboxylic acids is 1. The van der Waals surface area contributed by atoms with Gasteiger partial charge >= 0.3 is 11.9 Å². The molecule has 0 aromatic rings. The van der Waals surface area contributed by atoms with Crippen molar-refractivity contribution in [2.24, 2.45) is 11.7 Å². The maximum absolute atomic E-state index is 11.2. The van der Waals surface area contributed by atoms with Gasteiger partial charge < -0.3 is 15.9 Å². The Balaban J connectivity index is 4.89. The molecule has 2 unspecified atom stereocenters. The van der Waals surface area contributed by atoms with Crippen molar-refractivity contribution in [3.8, 4) is 0 Å². The van der Waals surface area contributed by atoms with E-state index in [0.29, 0.717) is 12.8 Å². The van der Waals surface area contributed by atoms with E-state index in [1.54, 1.807) is 0 Å². The van der Waals surface area contributed by atoms with Gasteiger partial charge in [-0.1, -0.05) is 26.7 Å². The van der Waals surface area contributed by atoms with Gasteiger partial charge in [0.2, 0.25) is 5.91 Å². The Bertz CT molecular complexity index is 332. The predicted molar refractivity (Wildman–Crippen MR) is 68.5 cm³/mol. The molecule has 0 heterocycles. The molecule has 110 valence electrons. The normalized spacial score (nSPS) is 14.1. The van der Waals surface area contributed by atoms with Crippen molar-refractivity contribution in [1.82, 2.24) is 4.90 Å². The topological polar surface area (TPSA) is 121 Å². The van der Waals surface area contributed by atoms with Crippen molar-refractivity contribution >= 4 is 17.8 Å². The number of primary amides is 1. The van der Waals surface area contributed by atoms with Crippen LogP contribution in [0.25, 0.3) is 0 Å². The molecule has 0 fully saturated rings. The minimum Gasteiger partial charge on any atom is -0.481 e. The monoisotopic (exact) mass is 274 g/mol. The molecule has 0 aliphatic rings. The van der Waals surface area contributed by atoms with Gasteiger partial charge in [-0.25, -0.2) is 0 Å². The van der Waals surface area contributed by atoms with Crippen LogP contribution in [0.1, 0.15) is 33.1 Å². The Hall–Kier alpha value is -1.63. The SMILES string of the molecule is CCCCC(C(=O)O)N(CC(N)=O)CC(C)C(=O)O. The highest BCUT2D eigenvalue weighted by Gasteiger charge is 2.28. The van der Waals surface area contributed by atoms with Gasteiger partial charge in [0.25, 0.3) is 0 Å². The molecule has 0 aromatic carbocycles. The van der Waals surface area contributed by atoms with E-state index in [2.05, 4.69) is 0 Å². The van der Waals surface area contributed by atoms with Gasteiger partial charge in [0.1, 0.15) is 6.04 Å². The highest BCUT2D eigenvalue weighted by atomic mass is 16.4. The number of unbranched alkanes of at least 4 members (excludes halogenated alkanes) is 1. The number of hydrogen-bond acceptors (Lipinski definition) is 4. The smallest absolute Gasteiger partial charge is 0.320 e. The third-order valence-electron chi connectivity index (χ3n) is 2.85. The van der Waals surface area contributed by atoms with Crippen LogP contribution in [0.2, 0.25) is 0 Å². The molecule has 1 amide bonds. The second kappa shape index (κ2) is 8.47. The summed E-state index contributed by atoms with van der Waals surface area (Å²) in [5.74, 6) is -3.52. The number of rotatable bonds is 10. The maximum Gasteiger partial charge on any atom is 0.320 e. The average Bonchev–Trinajstić information content (AvgIpc) is 2.27. The molecule has 0 aliphatic heterocycles. The molecule has 4 N–H and O–H groups in total. The Morgan fingerprint density at radius 1 is 1.21 bits per heavy atom. The lowest BCUT2D eigenvalue weighted by atomic mass is 10.1. The third-order valence-corrected chi connectivity index (χ3v) is 2.85. The van der Waals surface area contributed by atoms with Gasteiger partial charge in [0.05, 0.1) is 12.5 Å². The van der Waals surface area contributed by atoms with Crippen molar-refractivity contribution in [2.75, 3.05) is 13.1 Å². The molecule has 0 spiro atoms. The van der Waals surface area contributed by atoms with Crippen molar-refractivity contribution in [1.29, 1.82) is 0 Å². The minimum absolute atomic E-state index is 0.0149. The summed E-state index contributed by atoms with van der Waals surface area (Å²) in [6.07, 6.45) is 1.88. The number of hydrogen-bond donors (Lipinski definition) is 3. The molecular formula is C12H22N2O5. The predicted octanol–water partition coefficient (Wildman–Crippen LogP) is 0.138. The van der Waals surface area contributed by atoms with Crippen LogP contribution < -0.4 is 5.73 Å². The number of aliphatic carboxylic acids is 2. The van der Waals surface area contributed by atoms with Crippen molar-refractivity contribution < 1.29 is 24.6 Å². The summed E-state index contributed by atoms with van der Waals surface area (Å²) in [4.78, 5) is 34.4. The van der Waals surface area contributed by atoms with E-state index in [1.165, 1.54) is 11.8 Å². The van der Waals surface area contributed by atoms with Crippen molar-refractivity contribution in [2.45, 2.75) is 39.2 Å². The van der Waals surface area contributed by atoms with Gasteiger partial charge in [-0.05, 0) is 6.42 Å². The molecular weight excluding hydrogens is 252 g/mol. The molecule has 19 heavy (non-hydrogen) atoms. The molecule has 0 saturated heterocycles. The Kier molecular flexibility index (Phi) is 7.74. The molecule has 0 saturated carbocycles. The highest BCUT2D eigenvalue weighted by Crippen LogP contribution is 2.12. The Morgan fingerprint density at radius 2 is 1.79 bits per heavy atom. The number of nitrogens with zero attached hydrogens (tertiary/aromatic N) is 1. The van der Waals surface area contributed by atoms with Crippen LogP contribution in [0.15, 0.2) is 0 Å². The van der Waals surface area contributed by atoms with Crippen LogP contribution in [-0.2, 0) is 14.4 Å². The number of carboxylic acid groups (broad SMARTS) is 2. The van der Waals surface area contributed by atoms with Gasteiger partial charge in [-0.3, -0.25) is 19.3 Å². The molecule has 0 rings (SSSR count). The highest BCUT2D eigenvalue weighted by molar-refractivity contribution is 5.78. The lowest BCUT2D eigenvalue weighted by Gasteiger charge is -2.29. The fourth-order valence-electron chi connectivity index (χ4n) is 1.79. The minimum atomic E-state index is -1.06. The summed E-state index contributed by atoms with van der Waals surface area (Å²) in [5, 5.41) is 18.1. The van der Waals surface area contributed by atoms with Gasteiger partial charge in [0.15, 0.2) is 0 Å². The van der Waals surface area contributed by atoms with Crippen LogP contribution in [-0.4, -0.2) is 52.1 Å². The van der Waals surface area contributed by atoms with E-state index < -0.39 is 29.8 Å². The standard InChI is InChI=1S/C12H22N2O5/c1-3-4-5-9(12(18)19)14(7-10(13)15)6-8(2)11(16)17/h8-9H,3-7H2,1-2H3,(H2,13,15)(H,16,17)(H,18,19). The summed E-state index contributed by atoms with van der Waals surface area (Å²) >= 11 is 0. The quantitative estimate of drug-likeness (QED) is 0.521. The largest absolute Gasteiger partial charge is 0.481 e. The third kappa shape index (κ3) is 6.76. The summed E-state index contributed by atoms with van der Waals surface area (Å²) in [6.45, 7) is 3.13. The molecule has 7 nitrogen and oxygen atoms in total. The first-order valence-corrected chi connectivity index (χ1v) is 6.27. The molecule has 0 aliphatic carbocycles. The summed E-state index contributed by atoms with van der Waals surface area (Å²) in [6, 6.07) is -0.880. The van der Waals surface area contributed by atoms with Crippen LogP contribution in [0.3, 0.4) is 0 Å². The second-order valence-electron chi connectivity index (χ2n) is 4.63. The zero-order chi connectivity index (χ0) is 15.0. The number of nitrogens with two attached hydrogens (primary N) is 1. The zero-order valence-corrected chi connectivity index (χ0v) is 11.3. The van der Waals surface area contributed by atoms with Crippen LogP contribution >= 0.6 is 0 Å². The zero-order valence-electron chi connectivity index (χ0n) is 11.3.